The van der Waals surface area contributed by atoms with Crippen molar-refractivity contribution in [2.75, 3.05) is 6.61 Å². The molecule has 0 unspecified atom stereocenters. The molecule has 1 aliphatic heterocycles. The highest BCUT2D eigenvalue weighted by Gasteiger charge is 2.44. The Labute approximate surface area is 184 Å². The molecule has 0 aliphatic carbocycles. The summed E-state index contributed by atoms with van der Waals surface area (Å²) < 4.78 is 7.31. The Morgan fingerprint density at radius 2 is 1.77 bits per heavy atom. The maximum absolute atomic E-state index is 10.4. The van der Waals surface area contributed by atoms with E-state index in [9.17, 15) is 20.4 Å². The summed E-state index contributed by atoms with van der Waals surface area (Å²) in [4.78, 5) is 4.25. The first-order chi connectivity index (χ1) is 14.9. The molecule has 164 valence electrons. The summed E-state index contributed by atoms with van der Waals surface area (Å²) in [5.74, 6) is 0.650. The van der Waals surface area contributed by atoms with Gasteiger partial charge in [0.05, 0.1) is 6.61 Å². The predicted molar refractivity (Wildman–Crippen MR) is 113 cm³/mol. The molecule has 2 aromatic carbocycles. The molecule has 3 aromatic rings. The first kappa shape index (κ1) is 21.9. The fourth-order valence-electron chi connectivity index (χ4n) is 3.75. The molecule has 0 radical (unpaired) electrons. The number of aryl methyl sites for hydroxylation is 1. The third kappa shape index (κ3) is 4.50. The Bertz CT molecular complexity index is 1040. The summed E-state index contributed by atoms with van der Waals surface area (Å²) >= 11 is 6.40. The fraction of sp³-hybridized carbons (Fsp3) is 0.364. The topological polar surface area (TPSA) is 121 Å². The van der Waals surface area contributed by atoms with Crippen molar-refractivity contribution in [3.05, 3.63) is 70.5 Å². The second kappa shape index (κ2) is 9.04. The Morgan fingerprint density at radius 3 is 2.42 bits per heavy atom. The van der Waals surface area contributed by atoms with Crippen molar-refractivity contribution in [2.45, 2.75) is 36.9 Å². The number of aliphatic hydroxyl groups is 4. The van der Waals surface area contributed by atoms with E-state index in [1.165, 1.54) is 0 Å². The van der Waals surface area contributed by atoms with Gasteiger partial charge in [0.2, 0.25) is 0 Å². The molecule has 0 bridgehead atoms. The fourth-order valence-corrected chi connectivity index (χ4v) is 3.93. The number of aromatic nitrogens is 3. The Hall–Kier alpha value is -2.33. The molecule has 31 heavy (non-hydrogen) atoms. The number of nitrogens with zero attached hydrogens (tertiary/aromatic N) is 3. The number of halogens is 1. The number of hydrogen-bond donors (Lipinski definition) is 4. The summed E-state index contributed by atoms with van der Waals surface area (Å²) in [6, 6.07) is 13.1. The summed E-state index contributed by atoms with van der Waals surface area (Å²) in [6.07, 6.45) is -3.83. The molecule has 9 heteroatoms. The van der Waals surface area contributed by atoms with Crippen LogP contribution in [-0.4, -0.2) is 66.2 Å². The molecule has 1 aromatic heterocycles. The van der Waals surface area contributed by atoms with Gasteiger partial charge in [0.15, 0.2) is 5.82 Å². The van der Waals surface area contributed by atoms with E-state index in [1.54, 1.807) is 23.1 Å². The van der Waals surface area contributed by atoms with E-state index < -0.39 is 37.1 Å². The predicted octanol–water partition coefficient (Wildman–Crippen LogP) is 1.24. The number of benzene rings is 2. The minimum atomic E-state index is -1.43. The quantitative estimate of drug-likeness (QED) is 0.466. The van der Waals surface area contributed by atoms with Crippen molar-refractivity contribution < 1.29 is 25.2 Å². The van der Waals surface area contributed by atoms with E-state index >= 15 is 0 Å². The van der Waals surface area contributed by atoms with Gasteiger partial charge < -0.3 is 25.2 Å². The molecule has 1 fully saturated rings. The highest BCUT2D eigenvalue weighted by molar-refractivity contribution is 6.31. The normalized spacial score (nSPS) is 26.2. The molecule has 4 rings (SSSR count). The van der Waals surface area contributed by atoms with Crippen molar-refractivity contribution in [2.24, 2.45) is 7.05 Å². The van der Waals surface area contributed by atoms with Crippen molar-refractivity contribution in [1.82, 2.24) is 14.8 Å². The van der Waals surface area contributed by atoms with Gasteiger partial charge in [-0.1, -0.05) is 48.0 Å². The standard InChI is InChI=1S/C22H24ClN3O5/c1-26-11-24-22(25-26)13-4-2-12(3-5-13)8-15-9-14(6-7-16(15)23)21-20(30)19(29)18(28)17(10-27)31-21/h2-7,9,11,17-21,27-30H,8,10H2,1H3/t17-,18-,19+,20-,21+/m1/s1. The lowest BCUT2D eigenvalue weighted by Crippen LogP contribution is -2.55. The van der Waals surface area contributed by atoms with Crippen LogP contribution in [0.4, 0.5) is 0 Å². The van der Waals surface area contributed by atoms with Gasteiger partial charge in [-0.25, -0.2) is 4.98 Å². The Morgan fingerprint density at radius 1 is 1.03 bits per heavy atom. The van der Waals surface area contributed by atoms with E-state index in [1.807, 2.05) is 37.4 Å². The van der Waals surface area contributed by atoms with E-state index in [2.05, 4.69) is 10.1 Å². The van der Waals surface area contributed by atoms with Crippen LogP contribution in [0.15, 0.2) is 48.8 Å². The highest BCUT2D eigenvalue weighted by Crippen LogP contribution is 2.34. The van der Waals surface area contributed by atoms with E-state index in [-0.39, 0.29) is 0 Å². The van der Waals surface area contributed by atoms with Crippen LogP contribution in [0.1, 0.15) is 22.8 Å². The van der Waals surface area contributed by atoms with Crippen LogP contribution < -0.4 is 0 Å². The lowest BCUT2D eigenvalue weighted by atomic mass is 9.90. The largest absolute Gasteiger partial charge is 0.394 e. The lowest BCUT2D eigenvalue weighted by Gasteiger charge is -2.40. The molecule has 1 saturated heterocycles. The molecule has 4 N–H and O–H groups in total. The average molecular weight is 446 g/mol. The summed E-state index contributed by atoms with van der Waals surface area (Å²) in [7, 11) is 1.81. The molecule has 8 nitrogen and oxygen atoms in total. The second-order valence-corrected chi connectivity index (χ2v) is 8.12. The maximum atomic E-state index is 10.4. The first-order valence-electron chi connectivity index (χ1n) is 9.91. The van der Waals surface area contributed by atoms with Gasteiger partial charge in [0.25, 0.3) is 0 Å². The van der Waals surface area contributed by atoms with Crippen LogP contribution in [0.25, 0.3) is 11.4 Å². The number of hydrogen-bond acceptors (Lipinski definition) is 7. The monoisotopic (exact) mass is 445 g/mol. The molecule has 0 spiro atoms. The molecule has 0 saturated carbocycles. The SMILES string of the molecule is Cn1cnc(-c2ccc(Cc3cc([C@@H]4O[C@H](CO)[C@@H](O)[C@H](O)[C@H]4O)ccc3Cl)cc2)n1. The van der Waals surface area contributed by atoms with Gasteiger partial charge in [-0.3, -0.25) is 4.68 Å². The second-order valence-electron chi connectivity index (χ2n) is 7.72. The van der Waals surface area contributed by atoms with Crippen LogP contribution in [0.5, 0.6) is 0 Å². The summed E-state index contributed by atoms with van der Waals surface area (Å²) in [5.41, 5.74) is 3.35. The zero-order chi connectivity index (χ0) is 22.1. The van der Waals surface area contributed by atoms with Crippen molar-refractivity contribution >= 4 is 11.6 Å². The minimum absolute atomic E-state index is 0.473. The summed E-state index contributed by atoms with van der Waals surface area (Å²) in [5, 5.41) is 44.8. The molecular weight excluding hydrogens is 422 g/mol. The minimum Gasteiger partial charge on any atom is -0.394 e. The van der Waals surface area contributed by atoms with Crippen LogP contribution in [0.3, 0.4) is 0 Å². The van der Waals surface area contributed by atoms with E-state index in [4.69, 9.17) is 16.3 Å². The van der Waals surface area contributed by atoms with Gasteiger partial charge in [-0.05, 0) is 29.2 Å². The zero-order valence-corrected chi connectivity index (χ0v) is 17.6. The smallest absolute Gasteiger partial charge is 0.181 e. The number of ether oxygens (including phenoxy) is 1. The molecule has 0 amide bonds. The molecule has 2 heterocycles. The highest BCUT2D eigenvalue weighted by atomic mass is 35.5. The third-order valence-corrected chi connectivity index (χ3v) is 5.87. The van der Waals surface area contributed by atoms with Crippen molar-refractivity contribution in [3.8, 4) is 11.4 Å². The van der Waals surface area contributed by atoms with Crippen LogP contribution in [-0.2, 0) is 18.2 Å². The Kier molecular flexibility index (Phi) is 6.38. The van der Waals surface area contributed by atoms with Crippen LogP contribution >= 0.6 is 11.6 Å². The summed E-state index contributed by atoms with van der Waals surface area (Å²) in [6.45, 7) is -0.473. The molecular formula is C22H24ClN3O5. The van der Waals surface area contributed by atoms with Gasteiger partial charge in [-0.15, -0.1) is 0 Å². The van der Waals surface area contributed by atoms with E-state index in [0.29, 0.717) is 22.8 Å². The molecule has 1 aliphatic rings. The maximum Gasteiger partial charge on any atom is 0.181 e. The van der Waals surface area contributed by atoms with Crippen LogP contribution in [0.2, 0.25) is 5.02 Å². The molecule has 5 atom stereocenters. The zero-order valence-electron chi connectivity index (χ0n) is 16.8. The van der Waals surface area contributed by atoms with Crippen LogP contribution in [0, 0.1) is 0 Å². The van der Waals surface area contributed by atoms with Gasteiger partial charge in [0.1, 0.15) is 36.8 Å². The average Bonchev–Trinajstić information content (AvgIpc) is 3.21. The lowest BCUT2D eigenvalue weighted by molar-refractivity contribution is -0.231. The van der Waals surface area contributed by atoms with E-state index in [0.717, 1.165) is 16.7 Å². The van der Waals surface area contributed by atoms with Gasteiger partial charge in [-0.2, -0.15) is 5.10 Å². The third-order valence-electron chi connectivity index (χ3n) is 5.50. The van der Waals surface area contributed by atoms with Gasteiger partial charge >= 0.3 is 0 Å². The van der Waals surface area contributed by atoms with Crippen molar-refractivity contribution in [1.29, 1.82) is 0 Å². The Balaban J connectivity index is 1.55. The number of aliphatic hydroxyl groups excluding tert-OH is 4. The van der Waals surface area contributed by atoms with Gasteiger partial charge in [0, 0.05) is 17.6 Å². The number of rotatable bonds is 5. The van der Waals surface area contributed by atoms with Crippen molar-refractivity contribution in [3.63, 3.8) is 0 Å². The first-order valence-corrected chi connectivity index (χ1v) is 10.3.